The van der Waals surface area contributed by atoms with Crippen LogP contribution >= 0.6 is 15.9 Å². The van der Waals surface area contributed by atoms with E-state index in [0.29, 0.717) is 0 Å². The molecule has 1 fully saturated rings. The lowest BCUT2D eigenvalue weighted by Crippen LogP contribution is -2.60. The zero-order chi connectivity index (χ0) is 17.5. The number of nitro groups is 1. The smallest absolute Gasteiger partial charge is 0.263 e. The van der Waals surface area contributed by atoms with E-state index < -0.39 is 27.0 Å². The molecular weight excluding hydrogens is 396 g/mol. The van der Waals surface area contributed by atoms with Gasteiger partial charge in [-0.15, -0.1) is 4.31 Å². The van der Waals surface area contributed by atoms with E-state index in [1.54, 1.807) is 36.4 Å². The van der Waals surface area contributed by atoms with Gasteiger partial charge in [0.05, 0.1) is 10.8 Å². The predicted molar refractivity (Wildman–Crippen MR) is 92.7 cm³/mol. The van der Waals surface area contributed by atoms with E-state index in [1.807, 2.05) is 6.92 Å². The molecule has 0 N–H and O–H groups in total. The molecule has 1 aliphatic rings. The third-order valence-electron chi connectivity index (χ3n) is 4.17. The van der Waals surface area contributed by atoms with Crippen LogP contribution in [0.25, 0.3) is 0 Å². The van der Waals surface area contributed by atoms with Crippen LogP contribution in [0.5, 0.6) is 0 Å². The maximum Gasteiger partial charge on any atom is 0.289 e. The second kappa shape index (κ2) is 6.27. The van der Waals surface area contributed by atoms with E-state index in [-0.39, 0.29) is 11.4 Å². The number of hydrogen-bond acceptors (Lipinski definition) is 4. The fourth-order valence-electron chi connectivity index (χ4n) is 2.78. The minimum Gasteiger partial charge on any atom is -0.263 e. The molecule has 0 aromatic heterocycles. The summed E-state index contributed by atoms with van der Waals surface area (Å²) in [7, 11) is -3.88. The van der Waals surface area contributed by atoms with Crippen molar-refractivity contribution in [1.29, 1.82) is 0 Å². The Morgan fingerprint density at radius 1 is 1.12 bits per heavy atom. The van der Waals surface area contributed by atoms with Gasteiger partial charge in [0.25, 0.3) is 6.17 Å². The third-order valence-corrected chi connectivity index (χ3v) is 6.55. The van der Waals surface area contributed by atoms with E-state index in [1.165, 1.54) is 12.1 Å². The first-order valence-corrected chi connectivity index (χ1v) is 9.51. The van der Waals surface area contributed by atoms with Crippen LogP contribution in [0.3, 0.4) is 0 Å². The second-order valence-corrected chi connectivity index (χ2v) is 8.55. The molecule has 2 atom stereocenters. The molecule has 24 heavy (non-hydrogen) atoms. The summed E-state index contributed by atoms with van der Waals surface area (Å²) >= 11 is 3.32. The van der Waals surface area contributed by atoms with Crippen molar-refractivity contribution in [3.05, 3.63) is 74.2 Å². The van der Waals surface area contributed by atoms with Crippen LogP contribution in [0, 0.1) is 17.0 Å². The standard InChI is InChI=1S/C16H15BrN2O4S/c1-11-2-8-14(9-3-11)24(22,23)18-10-15(16(18)19(20)21)12-4-6-13(17)7-5-12/h2-9,15-16H,10H2,1H3/t15-,16-/m0/s1. The molecule has 1 saturated heterocycles. The minimum absolute atomic E-state index is 0.0780. The fraction of sp³-hybridized carbons (Fsp3) is 0.250. The number of aryl methyl sites for hydroxylation is 1. The van der Waals surface area contributed by atoms with Gasteiger partial charge in [0.15, 0.2) is 0 Å². The van der Waals surface area contributed by atoms with Crippen molar-refractivity contribution >= 4 is 26.0 Å². The van der Waals surface area contributed by atoms with E-state index in [4.69, 9.17) is 0 Å². The highest BCUT2D eigenvalue weighted by Crippen LogP contribution is 2.39. The zero-order valence-electron chi connectivity index (χ0n) is 12.8. The zero-order valence-corrected chi connectivity index (χ0v) is 15.2. The van der Waals surface area contributed by atoms with Crippen molar-refractivity contribution in [1.82, 2.24) is 4.31 Å². The van der Waals surface area contributed by atoms with E-state index in [0.717, 1.165) is 19.9 Å². The lowest BCUT2D eigenvalue weighted by molar-refractivity contribution is -0.563. The molecule has 6 nitrogen and oxygen atoms in total. The predicted octanol–water partition coefficient (Wildman–Crippen LogP) is 3.15. The Morgan fingerprint density at radius 2 is 1.71 bits per heavy atom. The molecule has 0 saturated carbocycles. The summed E-state index contributed by atoms with van der Waals surface area (Å²) in [6.45, 7) is 1.95. The first-order valence-electron chi connectivity index (χ1n) is 7.28. The van der Waals surface area contributed by atoms with Gasteiger partial charge in [-0.3, -0.25) is 10.1 Å². The van der Waals surface area contributed by atoms with E-state index in [2.05, 4.69) is 15.9 Å². The Labute approximate surface area is 148 Å². The molecule has 0 radical (unpaired) electrons. The van der Waals surface area contributed by atoms with Gasteiger partial charge in [-0.1, -0.05) is 45.8 Å². The molecule has 0 aliphatic carbocycles. The van der Waals surface area contributed by atoms with Crippen LogP contribution in [0.15, 0.2) is 57.9 Å². The van der Waals surface area contributed by atoms with Gasteiger partial charge in [-0.2, -0.15) is 0 Å². The summed E-state index contributed by atoms with van der Waals surface area (Å²) in [5.41, 5.74) is 1.69. The molecule has 1 heterocycles. The minimum atomic E-state index is -3.88. The van der Waals surface area contributed by atoms with Gasteiger partial charge < -0.3 is 0 Å². The SMILES string of the molecule is Cc1ccc(S(=O)(=O)N2C[C@@H](c3ccc(Br)cc3)[C@@H]2[N+](=O)[O-])cc1. The Balaban J connectivity index is 1.91. The summed E-state index contributed by atoms with van der Waals surface area (Å²) in [5.74, 6) is -0.451. The van der Waals surface area contributed by atoms with Crippen LogP contribution in [-0.2, 0) is 10.0 Å². The van der Waals surface area contributed by atoms with Gasteiger partial charge >= 0.3 is 0 Å². The lowest BCUT2D eigenvalue weighted by Gasteiger charge is -2.40. The number of halogens is 1. The fourth-order valence-corrected chi connectivity index (χ4v) is 4.66. The molecule has 0 unspecified atom stereocenters. The van der Waals surface area contributed by atoms with Crippen molar-refractivity contribution in [2.45, 2.75) is 23.9 Å². The molecule has 1 aliphatic heterocycles. The largest absolute Gasteiger partial charge is 0.289 e. The van der Waals surface area contributed by atoms with Gasteiger partial charge in [-0.25, -0.2) is 8.42 Å². The maximum absolute atomic E-state index is 12.7. The topological polar surface area (TPSA) is 80.5 Å². The summed E-state index contributed by atoms with van der Waals surface area (Å²) in [5, 5.41) is 11.5. The first-order chi connectivity index (χ1) is 11.3. The second-order valence-electron chi connectivity index (χ2n) is 5.74. The average molecular weight is 411 g/mol. The summed E-state index contributed by atoms with van der Waals surface area (Å²) in [6.07, 6.45) is -1.28. The lowest BCUT2D eigenvalue weighted by atomic mass is 9.90. The Kier molecular flexibility index (Phi) is 4.46. The maximum atomic E-state index is 12.7. The summed E-state index contributed by atoms with van der Waals surface area (Å²) in [4.78, 5) is 11.0. The number of nitrogens with zero attached hydrogens (tertiary/aromatic N) is 2. The normalized spacial score (nSPS) is 21.2. The first kappa shape index (κ1) is 17.1. The molecule has 0 spiro atoms. The summed E-state index contributed by atoms with van der Waals surface area (Å²) in [6, 6.07) is 13.5. The molecular formula is C16H15BrN2O4S. The molecule has 3 rings (SSSR count). The number of rotatable bonds is 4. The van der Waals surface area contributed by atoms with Gasteiger partial charge in [-0.05, 0) is 36.8 Å². The van der Waals surface area contributed by atoms with Crippen LogP contribution in [0.4, 0.5) is 0 Å². The van der Waals surface area contributed by atoms with Crippen molar-refractivity contribution < 1.29 is 13.3 Å². The van der Waals surface area contributed by atoms with Crippen LogP contribution in [0.1, 0.15) is 17.0 Å². The van der Waals surface area contributed by atoms with Crippen LogP contribution < -0.4 is 0 Å². The van der Waals surface area contributed by atoms with Crippen LogP contribution in [0.2, 0.25) is 0 Å². The summed E-state index contributed by atoms with van der Waals surface area (Å²) < 4.78 is 27.2. The molecule has 0 amide bonds. The Bertz CT molecular complexity index is 866. The average Bonchev–Trinajstić information content (AvgIpc) is 2.48. The highest BCUT2D eigenvalue weighted by atomic mass is 79.9. The van der Waals surface area contributed by atoms with Crippen molar-refractivity contribution in [2.24, 2.45) is 0 Å². The molecule has 126 valence electrons. The number of sulfonamides is 1. The molecule has 0 bridgehead atoms. The highest BCUT2D eigenvalue weighted by Gasteiger charge is 2.55. The van der Waals surface area contributed by atoms with E-state index >= 15 is 0 Å². The van der Waals surface area contributed by atoms with Crippen LogP contribution in [-0.4, -0.2) is 30.4 Å². The molecule has 2 aromatic carbocycles. The van der Waals surface area contributed by atoms with Gasteiger partial charge in [0.1, 0.15) is 0 Å². The number of hydrogen-bond donors (Lipinski definition) is 0. The highest BCUT2D eigenvalue weighted by molar-refractivity contribution is 9.10. The Hall–Kier alpha value is -1.77. The van der Waals surface area contributed by atoms with Crippen molar-refractivity contribution in [2.75, 3.05) is 6.54 Å². The van der Waals surface area contributed by atoms with Gasteiger partial charge in [0, 0.05) is 15.9 Å². The monoisotopic (exact) mass is 410 g/mol. The van der Waals surface area contributed by atoms with Crippen molar-refractivity contribution in [3.63, 3.8) is 0 Å². The third kappa shape index (κ3) is 2.97. The quantitative estimate of drug-likeness (QED) is 0.572. The molecule has 2 aromatic rings. The van der Waals surface area contributed by atoms with E-state index in [9.17, 15) is 18.5 Å². The van der Waals surface area contributed by atoms with Crippen molar-refractivity contribution in [3.8, 4) is 0 Å². The Morgan fingerprint density at radius 3 is 2.25 bits per heavy atom. The van der Waals surface area contributed by atoms with Gasteiger partial charge in [0.2, 0.25) is 10.0 Å². The number of benzene rings is 2. The molecule has 8 heteroatoms.